The molecule has 0 aromatic heterocycles. The van der Waals surface area contributed by atoms with Crippen LogP contribution >= 0.6 is 0 Å². The molecule has 100 valence electrons. The second kappa shape index (κ2) is 5.37. The van der Waals surface area contributed by atoms with Gasteiger partial charge in [-0.1, -0.05) is 12.1 Å². The third kappa shape index (κ3) is 4.39. The van der Waals surface area contributed by atoms with E-state index in [-0.39, 0.29) is 17.5 Å². The molecule has 1 aromatic rings. The van der Waals surface area contributed by atoms with Crippen molar-refractivity contribution in [2.45, 2.75) is 51.4 Å². The third-order valence-corrected chi connectivity index (χ3v) is 2.89. The van der Waals surface area contributed by atoms with Crippen LogP contribution < -0.4 is 5.32 Å². The zero-order valence-electron chi connectivity index (χ0n) is 11.4. The average Bonchev–Trinajstić information content (AvgIpc) is 3.06. The van der Waals surface area contributed by atoms with Crippen LogP contribution in [0.3, 0.4) is 0 Å². The van der Waals surface area contributed by atoms with E-state index in [9.17, 15) is 4.39 Å². The lowest BCUT2D eigenvalue weighted by atomic mass is 10.1. The Balaban J connectivity index is 2.06. The minimum absolute atomic E-state index is 0.0960. The van der Waals surface area contributed by atoms with Crippen molar-refractivity contribution in [2.75, 3.05) is 6.54 Å². The van der Waals surface area contributed by atoms with E-state index in [1.165, 1.54) is 18.9 Å². The minimum atomic E-state index is -0.234. The first-order chi connectivity index (χ1) is 8.44. The van der Waals surface area contributed by atoms with Gasteiger partial charge >= 0.3 is 0 Å². The van der Waals surface area contributed by atoms with Gasteiger partial charge in [-0.25, -0.2) is 4.39 Å². The van der Waals surface area contributed by atoms with Crippen LogP contribution in [0.15, 0.2) is 24.3 Å². The van der Waals surface area contributed by atoms with Gasteiger partial charge in [-0.05, 0) is 51.3 Å². The van der Waals surface area contributed by atoms with Crippen molar-refractivity contribution >= 4 is 0 Å². The quantitative estimate of drug-likeness (QED) is 0.865. The van der Waals surface area contributed by atoms with Gasteiger partial charge in [-0.15, -0.1) is 0 Å². The summed E-state index contributed by atoms with van der Waals surface area (Å²) < 4.78 is 19.3. The highest BCUT2D eigenvalue weighted by atomic mass is 19.1. The SMILES string of the molecule is CC(C)(C)OC(CNC1CC1)c1cccc(F)c1. The Labute approximate surface area is 109 Å². The molecule has 1 atom stereocenters. The average molecular weight is 251 g/mol. The van der Waals surface area contributed by atoms with Gasteiger partial charge in [0.25, 0.3) is 0 Å². The van der Waals surface area contributed by atoms with E-state index >= 15 is 0 Å². The van der Waals surface area contributed by atoms with Gasteiger partial charge in [-0.2, -0.15) is 0 Å². The molecule has 1 unspecified atom stereocenters. The second-order valence-corrected chi connectivity index (χ2v) is 5.96. The Hall–Kier alpha value is -0.930. The molecular formula is C15H22FNO. The fourth-order valence-electron chi connectivity index (χ4n) is 1.92. The van der Waals surface area contributed by atoms with E-state index in [4.69, 9.17) is 4.74 Å². The molecule has 1 aliphatic rings. The van der Waals surface area contributed by atoms with E-state index in [2.05, 4.69) is 5.32 Å². The summed E-state index contributed by atoms with van der Waals surface area (Å²) in [6, 6.07) is 7.32. The zero-order valence-corrected chi connectivity index (χ0v) is 11.4. The molecule has 2 rings (SSSR count). The lowest BCUT2D eigenvalue weighted by molar-refractivity contribution is -0.0608. The van der Waals surface area contributed by atoms with Gasteiger partial charge in [0, 0.05) is 12.6 Å². The van der Waals surface area contributed by atoms with Gasteiger partial charge in [0.2, 0.25) is 0 Å². The lowest BCUT2D eigenvalue weighted by Crippen LogP contribution is -2.31. The van der Waals surface area contributed by atoms with Crippen LogP contribution in [0.2, 0.25) is 0 Å². The standard InChI is InChI=1S/C15H22FNO/c1-15(2,3)18-14(10-17-13-7-8-13)11-5-4-6-12(16)9-11/h4-6,9,13-14,17H,7-8,10H2,1-3H3. The molecule has 0 saturated heterocycles. The minimum Gasteiger partial charge on any atom is -0.367 e. The van der Waals surface area contributed by atoms with Crippen LogP contribution in [0, 0.1) is 5.82 Å². The van der Waals surface area contributed by atoms with E-state index < -0.39 is 0 Å². The van der Waals surface area contributed by atoms with Crippen LogP contribution in [0.5, 0.6) is 0 Å². The number of hydrogen-bond acceptors (Lipinski definition) is 2. The van der Waals surface area contributed by atoms with Crippen molar-refractivity contribution in [3.8, 4) is 0 Å². The molecule has 0 amide bonds. The molecule has 0 heterocycles. The van der Waals surface area contributed by atoms with Gasteiger partial charge in [0.1, 0.15) is 5.82 Å². The highest BCUT2D eigenvalue weighted by Crippen LogP contribution is 2.26. The van der Waals surface area contributed by atoms with Crippen molar-refractivity contribution in [3.05, 3.63) is 35.6 Å². The summed E-state index contributed by atoms with van der Waals surface area (Å²) in [6.07, 6.45) is 2.39. The molecule has 3 heteroatoms. The molecule has 18 heavy (non-hydrogen) atoms. The summed E-state index contributed by atoms with van der Waals surface area (Å²) in [7, 11) is 0. The molecule has 0 bridgehead atoms. The van der Waals surface area contributed by atoms with Crippen LogP contribution in [-0.2, 0) is 4.74 Å². The Bertz CT molecular complexity index is 396. The van der Waals surface area contributed by atoms with Gasteiger partial charge in [-0.3, -0.25) is 0 Å². The molecule has 0 spiro atoms. The van der Waals surface area contributed by atoms with Crippen LogP contribution in [0.1, 0.15) is 45.3 Å². The predicted molar refractivity (Wildman–Crippen MR) is 71.0 cm³/mol. The molecule has 0 radical (unpaired) electrons. The molecule has 0 aliphatic heterocycles. The highest BCUT2D eigenvalue weighted by Gasteiger charge is 2.25. The fourth-order valence-corrected chi connectivity index (χ4v) is 1.92. The maximum atomic E-state index is 13.3. The number of halogens is 1. The largest absolute Gasteiger partial charge is 0.367 e. The number of benzene rings is 1. The first kappa shape index (κ1) is 13.5. The Morgan fingerprint density at radius 1 is 1.39 bits per heavy atom. The molecule has 2 nitrogen and oxygen atoms in total. The summed E-state index contributed by atoms with van der Waals surface area (Å²) in [6.45, 7) is 6.81. The molecule has 1 N–H and O–H groups in total. The lowest BCUT2D eigenvalue weighted by Gasteiger charge is -2.28. The normalized spacial score (nSPS) is 17.8. The highest BCUT2D eigenvalue weighted by molar-refractivity contribution is 5.19. The number of ether oxygens (including phenoxy) is 1. The van der Waals surface area contributed by atoms with E-state index in [0.717, 1.165) is 12.1 Å². The monoisotopic (exact) mass is 251 g/mol. The first-order valence-corrected chi connectivity index (χ1v) is 6.61. The number of nitrogens with one attached hydrogen (secondary N) is 1. The zero-order chi connectivity index (χ0) is 13.2. The summed E-state index contributed by atoms with van der Waals surface area (Å²) in [5.41, 5.74) is 0.667. The van der Waals surface area contributed by atoms with E-state index in [1.807, 2.05) is 26.8 Å². The summed E-state index contributed by atoms with van der Waals surface area (Å²) in [5, 5.41) is 3.45. The van der Waals surface area contributed by atoms with E-state index in [1.54, 1.807) is 12.1 Å². The molecular weight excluding hydrogens is 229 g/mol. The van der Waals surface area contributed by atoms with Gasteiger partial charge in [0.15, 0.2) is 0 Å². The maximum Gasteiger partial charge on any atom is 0.123 e. The van der Waals surface area contributed by atoms with Crippen molar-refractivity contribution in [3.63, 3.8) is 0 Å². The molecule has 1 saturated carbocycles. The maximum absolute atomic E-state index is 13.3. The van der Waals surface area contributed by atoms with E-state index in [0.29, 0.717) is 6.04 Å². The molecule has 1 aromatic carbocycles. The van der Waals surface area contributed by atoms with Gasteiger partial charge < -0.3 is 10.1 Å². The van der Waals surface area contributed by atoms with Crippen molar-refractivity contribution in [1.82, 2.24) is 5.32 Å². The van der Waals surface area contributed by atoms with Crippen molar-refractivity contribution in [1.29, 1.82) is 0 Å². The third-order valence-electron chi connectivity index (χ3n) is 2.89. The van der Waals surface area contributed by atoms with Crippen molar-refractivity contribution in [2.24, 2.45) is 0 Å². The summed E-state index contributed by atoms with van der Waals surface area (Å²) in [5.74, 6) is -0.207. The smallest absolute Gasteiger partial charge is 0.123 e. The molecule has 1 aliphatic carbocycles. The second-order valence-electron chi connectivity index (χ2n) is 5.96. The van der Waals surface area contributed by atoms with Gasteiger partial charge in [0.05, 0.1) is 11.7 Å². The fraction of sp³-hybridized carbons (Fsp3) is 0.600. The van der Waals surface area contributed by atoms with Crippen LogP contribution in [-0.4, -0.2) is 18.2 Å². The number of rotatable bonds is 5. The Kier molecular flexibility index (Phi) is 4.03. The van der Waals surface area contributed by atoms with Crippen LogP contribution in [0.25, 0.3) is 0 Å². The summed E-state index contributed by atoms with van der Waals surface area (Å²) >= 11 is 0. The van der Waals surface area contributed by atoms with Crippen molar-refractivity contribution < 1.29 is 9.13 Å². The first-order valence-electron chi connectivity index (χ1n) is 6.61. The Morgan fingerprint density at radius 2 is 2.11 bits per heavy atom. The number of hydrogen-bond donors (Lipinski definition) is 1. The summed E-state index contributed by atoms with van der Waals surface area (Å²) in [4.78, 5) is 0. The topological polar surface area (TPSA) is 21.3 Å². The molecule has 1 fully saturated rings. The predicted octanol–water partition coefficient (Wildman–Crippen LogP) is 3.43. The Morgan fingerprint density at radius 3 is 2.67 bits per heavy atom. The van der Waals surface area contributed by atoms with Crippen LogP contribution in [0.4, 0.5) is 4.39 Å².